The second-order valence-corrected chi connectivity index (χ2v) is 6.29. The highest BCUT2D eigenvalue weighted by molar-refractivity contribution is 9.08. The summed E-state index contributed by atoms with van der Waals surface area (Å²) in [5, 5.41) is 0.703. The van der Waals surface area contributed by atoms with Gasteiger partial charge >= 0.3 is 0 Å². The number of hydrogen-bond donors (Lipinski definition) is 0. The lowest BCUT2D eigenvalue weighted by atomic mass is 10.2. The summed E-state index contributed by atoms with van der Waals surface area (Å²) in [5.74, 6) is 3.86. The molecule has 0 aromatic heterocycles. The molecule has 1 rings (SSSR count). The fourth-order valence-corrected chi connectivity index (χ4v) is 2.45. The molecule has 0 amide bonds. The maximum Gasteiger partial charge on any atom is 0.148 e. The van der Waals surface area contributed by atoms with E-state index in [2.05, 4.69) is 21.9 Å². The van der Waals surface area contributed by atoms with Gasteiger partial charge in [-0.2, -0.15) is 0 Å². The molecule has 0 unspecified atom stereocenters. The van der Waals surface area contributed by atoms with Crippen LogP contribution in [0.15, 0.2) is 18.2 Å². The van der Waals surface area contributed by atoms with Gasteiger partial charge in [0.15, 0.2) is 0 Å². The van der Waals surface area contributed by atoms with Crippen LogP contribution in [0, 0.1) is 12.3 Å². The molecule has 0 heterocycles. The Labute approximate surface area is 182 Å². The highest BCUT2D eigenvalue weighted by Gasteiger charge is 2.03. The van der Waals surface area contributed by atoms with Gasteiger partial charge in [0.1, 0.15) is 24.7 Å². The number of hydrogen-bond acceptors (Lipinski definition) is 7. The van der Waals surface area contributed by atoms with Gasteiger partial charge in [0, 0.05) is 18.5 Å². The lowest BCUT2D eigenvalue weighted by molar-refractivity contribution is -0.00978. The van der Waals surface area contributed by atoms with Crippen molar-refractivity contribution in [3.8, 4) is 23.8 Å². The molecular weight excluding hydrogens is 444 g/mol. The molecule has 0 saturated heterocycles. The minimum atomic E-state index is 0.224. The third-order valence-corrected chi connectivity index (χ3v) is 4.11. The smallest absolute Gasteiger partial charge is 0.148 e. The molecule has 1 aromatic rings. The Balaban J connectivity index is 1.98. The number of halogens is 1. The molecule has 0 saturated carbocycles. The van der Waals surface area contributed by atoms with E-state index in [1.54, 1.807) is 7.11 Å². The number of methoxy groups -OCH3 is 1. The first-order valence-electron chi connectivity index (χ1n) is 9.49. The zero-order valence-corrected chi connectivity index (χ0v) is 18.6. The van der Waals surface area contributed by atoms with E-state index in [1.807, 2.05) is 18.2 Å². The molecule has 0 N–H and O–H groups in total. The van der Waals surface area contributed by atoms with Crippen LogP contribution >= 0.6 is 15.9 Å². The standard InChI is InChI=1S/C21H31BrO7/c1-3-4-28-20-15-19(18-22)16-21(17-20)29-14-13-27-12-11-26-10-9-25-8-7-24-6-5-23-2/h1,15-17H,4-14,18H2,2H3. The number of rotatable bonds is 19. The van der Waals surface area contributed by atoms with E-state index in [0.717, 1.165) is 11.3 Å². The molecule has 1 aromatic carbocycles. The van der Waals surface area contributed by atoms with Gasteiger partial charge in [-0.3, -0.25) is 0 Å². The molecule has 7 nitrogen and oxygen atoms in total. The van der Waals surface area contributed by atoms with Crippen LogP contribution in [0.3, 0.4) is 0 Å². The Bertz CT molecular complexity index is 562. The molecule has 0 aliphatic heterocycles. The van der Waals surface area contributed by atoms with Crippen molar-refractivity contribution in [2.45, 2.75) is 5.33 Å². The molecule has 29 heavy (non-hydrogen) atoms. The summed E-state index contributed by atoms with van der Waals surface area (Å²) in [4.78, 5) is 0. The number of terminal acetylenes is 1. The van der Waals surface area contributed by atoms with Crippen LogP contribution in [0.5, 0.6) is 11.5 Å². The van der Waals surface area contributed by atoms with Gasteiger partial charge in [-0.15, -0.1) is 6.42 Å². The van der Waals surface area contributed by atoms with Crippen LogP contribution in [-0.4, -0.2) is 79.8 Å². The van der Waals surface area contributed by atoms with Gasteiger partial charge in [-0.1, -0.05) is 21.9 Å². The van der Waals surface area contributed by atoms with Crippen LogP contribution in [0.25, 0.3) is 0 Å². The summed E-state index contributed by atoms with van der Waals surface area (Å²) in [6, 6.07) is 5.68. The van der Waals surface area contributed by atoms with Crippen LogP contribution in [-0.2, 0) is 29.0 Å². The van der Waals surface area contributed by atoms with E-state index in [1.165, 1.54) is 0 Å². The van der Waals surface area contributed by atoms with Gasteiger partial charge in [-0.05, 0) is 17.7 Å². The van der Waals surface area contributed by atoms with Gasteiger partial charge in [0.2, 0.25) is 0 Å². The van der Waals surface area contributed by atoms with Crippen molar-refractivity contribution < 1.29 is 33.2 Å². The van der Waals surface area contributed by atoms with E-state index in [-0.39, 0.29) is 6.61 Å². The zero-order valence-electron chi connectivity index (χ0n) is 17.0. The zero-order chi connectivity index (χ0) is 21.0. The SMILES string of the molecule is C#CCOc1cc(CBr)cc(OCCOCCOCCOCCOCCOC)c1. The molecule has 164 valence electrons. The first kappa shape index (κ1) is 25.7. The molecular formula is C21H31BrO7. The van der Waals surface area contributed by atoms with E-state index in [0.29, 0.717) is 77.1 Å². The van der Waals surface area contributed by atoms with Gasteiger partial charge in [0.25, 0.3) is 0 Å². The molecule has 8 heteroatoms. The molecule has 0 bridgehead atoms. The van der Waals surface area contributed by atoms with Crippen molar-refractivity contribution in [1.82, 2.24) is 0 Å². The molecule has 0 fully saturated rings. The normalized spacial score (nSPS) is 10.7. The summed E-state index contributed by atoms with van der Waals surface area (Å²) < 4.78 is 37.7. The molecule has 0 atom stereocenters. The maximum atomic E-state index is 5.72. The van der Waals surface area contributed by atoms with Crippen LogP contribution in [0.4, 0.5) is 0 Å². The highest BCUT2D eigenvalue weighted by Crippen LogP contribution is 2.24. The monoisotopic (exact) mass is 474 g/mol. The fraction of sp³-hybridized carbons (Fsp3) is 0.619. The Hall–Kier alpha value is -1.34. The molecule has 0 radical (unpaired) electrons. The summed E-state index contributed by atoms with van der Waals surface area (Å²) >= 11 is 3.43. The van der Waals surface area contributed by atoms with Crippen LogP contribution in [0.1, 0.15) is 5.56 Å². The molecule has 0 aliphatic rings. The highest BCUT2D eigenvalue weighted by atomic mass is 79.9. The minimum absolute atomic E-state index is 0.224. The minimum Gasteiger partial charge on any atom is -0.491 e. The fourth-order valence-electron chi connectivity index (χ4n) is 2.12. The van der Waals surface area contributed by atoms with Crippen molar-refractivity contribution in [2.24, 2.45) is 0 Å². The Kier molecular flexibility index (Phi) is 16.5. The van der Waals surface area contributed by atoms with Crippen LogP contribution in [0.2, 0.25) is 0 Å². The van der Waals surface area contributed by atoms with Gasteiger partial charge in [0.05, 0.1) is 59.5 Å². The Morgan fingerprint density at radius 3 is 1.69 bits per heavy atom. The summed E-state index contributed by atoms with van der Waals surface area (Å²) in [6.45, 7) is 5.49. The van der Waals surface area contributed by atoms with E-state index >= 15 is 0 Å². The van der Waals surface area contributed by atoms with Crippen molar-refractivity contribution in [1.29, 1.82) is 0 Å². The van der Waals surface area contributed by atoms with E-state index < -0.39 is 0 Å². The second kappa shape index (κ2) is 18.7. The number of benzene rings is 1. The first-order valence-corrected chi connectivity index (χ1v) is 10.6. The quantitative estimate of drug-likeness (QED) is 0.173. The average Bonchev–Trinajstić information content (AvgIpc) is 2.74. The summed E-state index contributed by atoms with van der Waals surface area (Å²) in [7, 11) is 1.64. The Morgan fingerprint density at radius 2 is 1.21 bits per heavy atom. The third-order valence-electron chi connectivity index (χ3n) is 3.46. The third kappa shape index (κ3) is 14.3. The number of alkyl halides is 1. The molecule has 0 spiro atoms. The average molecular weight is 475 g/mol. The second-order valence-electron chi connectivity index (χ2n) is 5.73. The largest absolute Gasteiger partial charge is 0.491 e. The van der Waals surface area contributed by atoms with Crippen molar-refractivity contribution in [3.05, 3.63) is 23.8 Å². The summed E-state index contributed by atoms with van der Waals surface area (Å²) in [5.41, 5.74) is 1.05. The predicted octanol–water partition coefficient (Wildman–Crippen LogP) is 2.69. The van der Waals surface area contributed by atoms with Gasteiger partial charge < -0.3 is 33.2 Å². The number of ether oxygens (including phenoxy) is 7. The molecule has 0 aliphatic carbocycles. The lowest BCUT2D eigenvalue weighted by Gasteiger charge is -2.11. The van der Waals surface area contributed by atoms with Crippen molar-refractivity contribution >= 4 is 15.9 Å². The summed E-state index contributed by atoms with van der Waals surface area (Å²) in [6.07, 6.45) is 5.23. The topological polar surface area (TPSA) is 64.6 Å². The predicted molar refractivity (Wildman–Crippen MR) is 114 cm³/mol. The van der Waals surface area contributed by atoms with E-state index in [9.17, 15) is 0 Å². The Morgan fingerprint density at radius 1 is 0.724 bits per heavy atom. The van der Waals surface area contributed by atoms with Crippen LogP contribution < -0.4 is 9.47 Å². The van der Waals surface area contributed by atoms with Gasteiger partial charge in [-0.25, -0.2) is 0 Å². The van der Waals surface area contributed by atoms with Crippen molar-refractivity contribution in [2.75, 3.05) is 79.8 Å². The van der Waals surface area contributed by atoms with Crippen molar-refractivity contribution in [3.63, 3.8) is 0 Å². The lowest BCUT2D eigenvalue weighted by Crippen LogP contribution is -2.14. The first-order chi connectivity index (χ1) is 14.3. The van der Waals surface area contributed by atoms with E-state index in [4.69, 9.17) is 39.6 Å². The maximum absolute atomic E-state index is 5.72.